The van der Waals surface area contributed by atoms with Crippen LogP contribution in [0.25, 0.3) is 11.6 Å². The molecule has 4 rings (SSSR count). The maximum atomic E-state index is 12.6. The van der Waals surface area contributed by atoms with E-state index in [9.17, 15) is 4.79 Å². The molecule has 28 heavy (non-hydrogen) atoms. The second kappa shape index (κ2) is 8.90. The summed E-state index contributed by atoms with van der Waals surface area (Å²) in [7, 11) is 0. The minimum atomic E-state index is -0.0541. The molecule has 9 heteroatoms. The number of rotatable bonds is 5. The Morgan fingerprint density at radius 1 is 1.11 bits per heavy atom. The van der Waals surface area contributed by atoms with Gasteiger partial charge in [-0.1, -0.05) is 35.5 Å². The van der Waals surface area contributed by atoms with E-state index in [1.807, 2.05) is 23.1 Å². The van der Waals surface area contributed by atoms with Crippen LogP contribution >= 0.6 is 12.4 Å². The highest BCUT2D eigenvalue weighted by Gasteiger charge is 2.33. The summed E-state index contributed by atoms with van der Waals surface area (Å²) < 4.78 is 5.21. The summed E-state index contributed by atoms with van der Waals surface area (Å²) in [5.74, 6) is 1.33. The minimum Gasteiger partial charge on any atom is -0.340 e. The van der Waals surface area contributed by atoms with Crippen LogP contribution in [-0.2, 0) is 11.2 Å². The predicted octanol–water partition coefficient (Wildman–Crippen LogP) is 1.83. The molecule has 2 N–H and O–H groups in total. The quantitative estimate of drug-likeness (QED) is 0.695. The van der Waals surface area contributed by atoms with Crippen LogP contribution in [0.3, 0.4) is 0 Å². The molecule has 1 aromatic carbocycles. The van der Waals surface area contributed by atoms with E-state index in [-0.39, 0.29) is 30.3 Å². The highest BCUT2D eigenvalue weighted by atomic mass is 35.5. The van der Waals surface area contributed by atoms with E-state index in [1.54, 1.807) is 18.5 Å². The molecule has 1 amide bonds. The van der Waals surface area contributed by atoms with Gasteiger partial charge in [0.2, 0.25) is 23.4 Å². The normalized spacial score (nSPS) is 18.7. The molecule has 146 valence electrons. The Kier molecular flexibility index (Phi) is 6.33. The molecule has 1 aliphatic rings. The second-order valence-corrected chi connectivity index (χ2v) is 6.56. The van der Waals surface area contributed by atoms with Crippen molar-refractivity contribution in [3.63, 3.8) is 0 Å². The van der Waals surface area contributed by atoms with Gasteiger partial charge in [-0.05, 0) is 11.6 Å². The van der Waals surface area contributed by atoms with Crippen LogP contribution in [0.4, 0.5) is 0 Å². The standard InChI is InChI=1S/C19H20N6O2.ClH/c20-15-12-25(11-14(15)13-5-2-1-3-6-13)17(26)8-7-16-23-19(24-27-16)18-21-9-4-10-22-18;/h1-6,9-10,14-15H,7-8,11-12,20H2;1H/t14-,15+;/m0./s1. The number of hydrogen-bond acceptors (Lipinski definition) is 7. The van der Waals surface area contributed by atoms with Gasteiger partial charge in [-0.15, -0.1) is 12.4 Å². The van der Waals surface area contributed by atoms with E-state index in [0.29, 0.717) is 43.5 Å². The Morgan fingerprint density at radius 3 is 2.61 bits per heavy atom. The van der Waals surface area contributed by atoms with Gasteiger partial charge in [-0.25, -0.2) is 9.97 Å². The van der Waals surface area contributed by atoms with Crippen molar-refractivity contribution < 1.29 is 9.32 Å². The number of nitrogens with two attached hydrogens (primary N) is 1. The summed E-state index contributed by atoms with van der Waals surface area (Å²) in [6.45, 7) is 1.20. The molecule has 1 saturated heterocycles. The number of halogens is 1. The van der Waals surface area contributed by atoms with E-state index in [2.05, 4.69) is 32.2 Å². The molecule has 3 aromatic rings. The average molecular weight is 401 g/mol. The molecule has 0 bridgehead atoms. The number of likely N-dealkylation sites (tertiary alicyclic amines) is 1. The van der Waals surface area contributed by atoms with E-state index >= 15 is 0 Å². The Labute approximate surface area is 168 Å². The highest BCUT2D eigenvalue weighted by molar-refractivity contribution is 5.85. The summed E-state index contributed by atoms with van der Waals surface area (Å²) in [6, 6.07) is 11.8. The maximum absolute atomic E-state index is 12.6. The van der Waals surface area contributed by atoms with Crippen molar-refractivity contribution >= 4 is 18.3 Å². The molecule has 0 unspecified atom stereocenters. The molecule has 3 heterocycles. The number of aromatic nitrogens is 4. The second-order valence-electron chi connectivity index (χ2n) is 6.56. The van der Waals surface area contributed by atoms with Crippen LogP contribution in [-0.4, -0.2) is 50.0 Å². The molecular weight excluding hydrogens is 380 g/mol. The first-order valence-electron chi connectivity index (χ1n) is 8.89. The highest BCUT2D eigenvalue weighted by Crippen LogP contribution is 2.26. The summed E-state index contributed by atoms with van der Waals surface area (Å²) in [5, 5.41) is 3.87. The summed E-state index contributed by atoms with van der Waals surface area (Å²) in [4.78, 5) is 26.8. The topological polar surface area (TPSA) is 111 Å². The summed E-state index contributed by atoms with van der Waals surface area (Å²) >= 11 is 0. The molecule has 0 aliphatic carbocycles. The number of carbonyl (C=O) groups excluding carboxylic acids is 1. The first kappa shape index (κ1) is 19.9. The van der Waals surface area contributed by atoms with Gasteiger partial charge in [0.25, 0.3) is 0 Å². The monoisotopic (exact) mass is 400 g/mol. The summed E-state index contributed by atoms with van der Waals surface area (Å²) in [6.07, 6.45) is 3.90. The lowest BCUT2D eigenvalue weighted by Gasteiger charge is -2.16. The Morgan fingerprint density at radius 2 is 1.86 bits per heavy atom. The van der Waals surface area contributed by atoms with Crippen molar-refractivity contribution in [2.45, 2.75) is 24.8 Å². The van der Waals surface area contributed by atoms with Crippen molar-refractivity contribution in [2.24, 2.45) is 5.73 Å². The number of carbonyl (C=O) groups is 1. The van der Waals surface area contributed by atoms with Crippen LogP contribution in [0.5, 0.6) is 0 Å². The maximum Gasteiger partial charge on any atom is 0.240 e. The molecule has 2 atom stereocenters. The molecule has 1 aliphatic heterocycles. The van der Waals surface area contributed by atoms with Gasteiger partial charge >= 0.3 is 0 Å². The molecule has 0 spiro atoms. The van der Waals surface area contributed by atoms with Crippen molar-refractivity contribution in [3.05, 3.63) is 60.2 Å². The van der Waals surface area contributed by atoms with Gasteiger partial charge in [0.15, 0.2) is 0 Å². The number of nitrogens with zero attached hydrogens (tertiary/aromatic N) is 5. The molecule has 2 aromatic heterocycles. The zero-order chi connectivity index (χ0) is 18.6. The zero-order valence-corrected chi connectivity index (χ0v) is 16.0. The SMILES string of the molecule is Cl.N[C@@H]1CN(C(=O)CCc2nc(-c3ncccn3)no2)C[C@H]1c1ccccc1. The summed E-state index contributed by atoms with van der Waals surface area (Å²) in [5.41, 5.74) is 7.44. The van der Waals surface area contributed by atoms with E-state index in [4.69, 9.17) is 10.3 Å². The number of amides is 1. The van der Waals surface area contributed by atoms with Crippen molar-refractivity contribution in [2.75, 3.05) is 13.1 Å². The first-order chi connectivity index (χ1) is 13.2. The van der Waals surface area contributed by atoms with E-state index in [0.717, 1.165) is 0 Å². The van der Waals surface area contributed by atoms with Crippen LogP contribution in [0.2, 0.25) is 0 Å². The number of aryl methyl sites for hydroxylation is 1. The van der Waals surface area contributed by atoms with Gasteiger partial charge in [-0.2, -0.15) is 4.98 Å². The van der Waals surface area contributed by atoms with Crippen LogP contribution in [0.15, 0.2) is 53.3 Å². The van der Waals surface area contributed by atoms with Crippen LogP contribution in [0, 0.1) is 0 Å². The third-order valence-corrected chi connectivity index (χ3v) is 4.73. The van der Waals surface area contributed by atoms with Crippen molar-refractivity contribution in [3.8, 4) is 11.6 Å². The van der Waals surface area contributed by atoms with E-state index < -0.39 is 0 Å². The van der Waals surface area contributed by atoms with Gasteiger partial charge in [-0.3, -0.25) is 4.79 Å². The van der Waals surface area contributed by atoms with Gasteiger partial charge in [0, 0.05) is 50.3 Å². The molecular formula is C19H21ClN6O2. The predicted molar refractivity (Wildman–Crippen MR) is 105 cm³/mol. The fourth-order valence-electron chi connectivity index (χ4n) is 3.32. The lowest BCUT2D eigenvalue weighted by Crippen LogP contribution is -2.32. The van der Waals surface area contributed by atoms with Crippen molar-refractivity contribution in [1.82, 2.24) is 25.0 Å². The fourth-order valence-corrected chi connectivity index (χ4v) is 3.32. The van der Waals surface area contributed by atoms with Gasteiger partial charge < -0.3 is 15.2 Å². The third kappa shape index (κ3) is 4.35. The van der Waals surface area contributed by atoms with Gasteiger partial charge in [0.05, 0.1) is 0 Å². The lowest BCUT2D eigenvalue weighted by atomic mass is 9.95. The Balaban J connectivity index is 0.00000225. The Hall–Kier alpha value is -2.84. The first-order valence-corrected chi connectivity index (χ1v) is 8.89. The number of benzene rings is 1. The fraction of sp³-hybridized carbons (Fsp3) is 0.316. The number of hydrogen-bond donors (Lipinski definition) is 1. The Bertz CT molecular complexity index is 905. The zero-order valence-electron chi connectivity index (χ0n) is 15.1. The molecule has 1 fully saturated rings. The molecule has 0 radical (unpaired) electrons. The smallest absolute Gasteiger partial charge is 0.240 e. The van der Waals surface area contributed by atoms with Crippen LogP contribution < -0.4 is 5.73 Å². The third-order valence-electron chi connectivity index (χ3n) is 4.73. The van der Waals surface area contributed by atoms with Crippen molar-refractivity contribution in [1.29, 1.82) is 0 Å². The van der Waals surface area contributed by atoms with E-state index in [1.165, 1.54) is 5.56 Å². The molecule has 8 nitrogen and oxygen atoms in total. The average Bonchev–Trinajstić information content (AvgIpc) is 3.34. The largest absolute Gasteiger partial charge is 0.340 e. The van der Waals surface area contributed by atoms with Crippen LogP contribution in [0.1, 0.15) is 23.8 Å². The lowest BCUT2D eigenvalue weighted by molar-refractivity contribution is -0.130. The van der Waals surface area contributed by atoms with Gasteiger partial charge in [0.1, 0.15) is 0 Å². The minimum absolute atomic E-state index is 0. The molecule has 0 saturated carbocycles.